The van der Waals surface area contributed by atoms with Gasteiger partial charge >= 0.3 is 0 Å². The van der Waals surface area contributed by atoms with Crippen molar-refractivity contribution in [2.75, 3.05) is 11.5 Å². The molecule has 0 bridgehead atoms. The van der Waals surface area contributed by atoms with Gasteiger partial charge in [-0.05, 0) is 12.5 Å². The zero-order valence-electron chi connectivity index (χ0n) is 12.9. The maximum atomic E-state index is 12.1. The highest BCUT2D eigenvalue weighted by Crippen LogP contribution is 2.14. The number of nitrogens with one attached hydrogen (secondary N) is 1. The molecule has 1 amide bonds. The van der Waals surface area contributed by atoms with Gasteiger partial charge in [0, 0.05) is 17.7 Å². The number of rotatable bonds is 4. The van der Waals surface area contributed by atoms with Crippen LogP contribution in [0.3, 0.4) is 0 Å². The molecule has 1 saturated heterocycles. The number of benzene rings is 1. The van der Waals surface area contributed by atoms with Gasteiger partial charge in [0.05, 0.1) is 17.2 Å². The number of carbonyl (C=O) groups excluding carboxylic acids is 1. The first-order chi connectivity index (χ1) is 11.4. The summed E-state index contributed by atoms with van der Waals surface area (Å²) in [6.45, 7) is -0.240. The fraction of sp³-hybridized carbons (Fsp3) is 0.312. The number of hydrogen-bond acceptors (Lipinski definition) is 5. The molecule has 0 radical (unpaired) electrons. The fourth-order valence-electron chi connectivity index (χ4n) is 2.64. The van der Waals surface area contributed by atoms with Gasteiger partial charge in [-0.2, -0.15) is 5.10 Å². The van der Waals surface area contributed by atoms with E-state index in [0.29, 0.717) is 12.1 Å². The summed E-state index contributed by atoms with van der Waals surface area (Å²) in [5, 5.41) is 6.86. The van der Waals surface area contributed by atoms with E-state index in [1.165, 1.54) is 6.07 Å². The van der Waals surface area contributed by atoms with Gasteiger partial charge in [0.25, 0.3) is 5.56 Å². The summed E-state index contributed by atoms with van der Waals surface area (Å²) in [5.41, 5.74) is 1.05. The SMILES string of the molecule is O=C(Cn1nc(-c2ccccc2)ccc1=O)N[C@@H]1CCS(=O)(=O)C1. The molecule has 1 aromatic heterocycles. The van der Waals surface area contributed by atoms with Gasteiger partial charge in [-0.25, -0.2) is 13.1 Å². The Hall–Kier alpha value is -2.48. The van der Waals surface area contributed by atoms with Crippen molar-refractivity contribution in [1.29, 1.82) is 0 Å². The molecule has 7 nitrogen and oxygen atoms in total. The number of nitrogens with zero attached hydrogens (tertiary/aromatic N) is 2. The highest BCUT2D eigenvalue weighted by molar-refractivity contribution is 7.91. The molecule has 3 rings (SSSR count). The van der Waals surface area contributed by atoms with Crippen molar-refractivity contribution in [1.82, 2.24) is 15.1 Å². The molecule has 1 aromatic carbocycles. The molecule has 0 unspecified atom stereocenters. The molecule has 1 atom stereocenters. The molecule has 1 fully saturated rings. The summed E-state index contributed by atoms with van der Waals surface area (Å²) in [5.74, 6) is -0.387. The molecular weight excluding hydrogens is 330 g/mol. The molecule has 1 aliphatic rings. The third kappa shape index (κ3) is 3.88. The van der Waals surface area contributed by atoms with Crippen LogP contribution in [0.15, 0.2) is 47.3 Å². The Morgan fingerprint density at radius 2 is 1.96 bits per heavy atom. The van der Waals surface area contributed by atoms with Crippen molar-refractivity contribution in [3.05, 3.63) is 52.8 Å². The number of hydrogen-bond donors (Lipinski definition) is 1. The second-order valence-corrected chi connectivity index (χ2v) is 7.98. The first-order valence-electron chi connectivity index (χ1n) is 7.56. The molecule has 24 heavy (non-hydrogen) atoms. The van der Waals surface area contributed by atoms with Crippen molar-refractivity contribution in [2.45, 2.75) is 19.0 Å². The summed E-state index contributed by atoms with van der Waals surface area (Å²) < 4.78 is 23.9. The second kappa shape index (κ2) is 6.56. The van der Waals surface area contributed by atoms with E-state index < -0.39 is 21.8 Å². The molecule has 126 valence electrons. The lowest BCUT2D eigenvalue weighted by Crippen LogP contribution is -2.40. The van der Waals surface area contributed by atoms with Gasteiger partial charge in [-0.3, -0.25) is 9.59 Å². The van der Waals surface area contributed by atoms with Crippen LogP contribution in [0.25, 0.3) is 11.3 Å². The maximum Gasteiger partial charge on any atom is 0.267 e. The Kier molecular flexibility index (Phi) is 4.48. The standard InChI is InChI=1S/C16H17N3O4S/c20-15(17-13-8-9-24(22,23)11-13)10-19-16(21)7-6-14(18-19)12-4-2-1-3-5-12/h1-7,13H,8-11H2,(H,17,20)/t13-/m1/s1. The molecule has 1 aliphatic heterocycles. The van der Waals surface area contributed by atoms with Gasteiger partial charge in [-0.15, -0.1) is 0 Å². The Balaban J connectivity index is 1.73. The summed E-state index contributed by atoms with van der Waals surface area (Å²) in [4.78, 5) is 24.0. The third-order valence-electron chi connectivity index (χ3n) is 3.83. The van der Waals surface area contributed by atoms with Crippen LogP contribution in [0.2, 0.25) is 0 Å². The van der Waals surface area contributed by atoms with E-state index in [1.807, 2.05) is 30.3 Å². The monoisotopic (exact) mass is 347 g/mol. The number of aromatic nitrogens is 2. The fourth-order valence-corrected chi connectivity index (χ4v) is 4.32. The van der Waals surface area contributed by atoms with Gasteiger partial charge in [0.1, 0.15) is 6.54 Å². The molecule has 2 heterocycles. The van der Waals surface area contributed by atoms with Crippen molar-refractivity contribution >= 4 is 15.7 Å². The number of carbonyl (C=O) groups is 1. The molecule has 1 N–H and O–H groups in total. The largest absolute Gasteiger partial charge is 0.351 e. The predicted octanol–water partition coefficient (Wildman–Crippen LogP) is 0.214. The lowest BCUT2D eigenvalue weighted by atomic mass is 10.1. The van der Waals surface area contributed by atoms with Crippen molar-refractivity contribution in [3.8, 4) is 11.3 Å². The summed E-state index contributed by atoms with van der Waals surface area (Å²) >= 11 is 0. The molecule has 2 aromatic rings. The van der Waals surface area contributed by atoms with Gasteiger partial charge in [-0.1, -0.05) is 30.3 Å². The minimum Gasteiger partial charge on any atom is -0.351 e. The van der Waals surface area contributed by atoms with E-state index in [4.69, 9.17) is 0 Å². The predicted molar refractivity (Wildman–Crippen MR) is 89.1 cm³/mol. The van der Waals surface area contributed by atoms with Crippen LogP contribution in [0, 0.1) is 0 Å². The first kappa shape index (κ1) is 16.4. The zero-order chi connectivity index (χ0) is 17.2. The zero-order valence-corrected chi connectivity index (χ0v) is 13.7. The van der Waals surface area contributed by atoms with Crippen molar-refractivity contribution in [3.63, 3.8) is 0 Å². The molecule has 8 heteroatoms. The van der Waals surface area contributed by atoms with E-state index in [-0.39, 0.29) is 23.6 Å². The number of sulfone groups is 1. The van der Waals surface area contributed by atoms with E-state index >= 15 is 0 Å². The van der Waals surface area contributed by atoms with Gasteiger partial charge < -0.3 is 5.32 Å². The van der Waals surface area contributed by atoms with Gasteiger partial charge in [0.15, 0.2) is 9.84 Å². The minimum atomic E-state index is -3.06. The summed E-state index contributed by atoms with van der Waals surface area (Å²) in [6.07, 6.45) is 0.403. The quantitative estimate of drug-likeness (QED) is 0.853. The highest BCUT2D eigenvalue weighted by atomic mass is 32.2. The van der Waals surface area contributed by atoms with E-state index in [0.717, 1.165) is 10.2 Å². The van der Waals surface area contributed by atoms with Crippen LogP contribution < -0.4 is 10.9 Å². The topological polar surface area (TPSA) is 98.1 Å². The smallest absolute Gasteiger partial charge is 0.267 e. The average Bonchev–Trinajstić information content (AvgIpc) is 2.89. The molecular formula is C16H17N3O4S. The van der Waals surface area contributed by atoms with Gasteiger partial charge in [0.2, 0.25) is 5.91 Å². The van der Waals surface area contributed by atoms with Crippen LogP contribution in [0.5, 0.6) is 0 Å². The first-order valence-corrected chi connectivity index (χ1v) is 9.38. The highest BCUT2D eigenvalue weighted by Gasteiger charge is 2.28. The van der Waals surface area contributed by atoms with Crippen molar-refractivity contribution in [2.24, 2.45) is 0 Å². The Morgan fingerprint density at radius 1 is 1.21 bits per heavy atom. The van der Waals surface area contributed by atoms with Crippen LogP contribution >= 0.6 is 0 Å². The molecule has 0 spiro atoms. The summed E-state index contributed by atoms with van der Waals surface area (Å²) in [7, 11) is -3.06. The van der Waals surface area contributed by atoms with Crippen LogP contribution in [-0.4, -0.2) is 41.7 Å². The maximum absolute atomic E-state index is 12.1. The number of amides is 1. The Bertz CT molecular complexity index is 906. The lowest BCUT2D eigenvalue weighted by Gasteiger charge is -2.12. The normalized spacial score (nSPS) is 19.1. The van der Waals surface area contributed by atoms with E-state index in [1.54, 1.807) is 6.07 Å². The lowest BCUT2D eigenvalue weighted by molar-refractivity contribution is -0.122. The molecule has 0 saturated carbocycles. The van der Waals surface area contributed by atoms with Crippen LogP contribution in [0.1, 0.15) is 6.42 Å². The van der Waals surface area contributed by atoms with Crippen LogP contribution in [0.4, 0.5) is 0 Å². The van der Waals surface area contributed by atoms with E-state index in [9.17, 15) is 18.0 Å². The average molecular weight is 347 g/mol. The Morgan fingerprint density at radius 3 is 2.62 bits per heavy atom. The third-order valence-corrected chi connectivity index (χ3v) is 5.60. The Labute approximate surface area is 139 Å². The minimum absolute atomic E-state index is 0.0505. The van der Waals surface area contributed by atoms with E-state index in [2.05, 4.69) is 10.4 Å². The second-order valence-electron chi connectivity index (χ2n) is 5.75. The molecule has 0 aliphatic carbocycles. The van der Waals surface area contributed by atoms with Crippen LogP contribution in [-0.2, 0) is 21.2 Å². The van der Waals surface area contributed by atoms with Crippen molar-refractivity contribution < 1.29 is 13.2 Å². The summed E-state index contributed by atoms with van der Waals surface area (Å²) in [6, 6.07) is 11.9.